The first-order chi connectivity index (χ1) is 9.78. The number of hydrogen-bond acceptors (Lipinski definition) is 4. The van der Waals surface area contributed by atoms with Crippen molar-refractivity contribution >= 4 is 5.91 Å². The van der Waals surface area contributed by atoms with Crippen molar-refractivity contribution in [3.8, 4) is 5.75 Å². The minimum atomic E-state index is -0.0959. The highest BCUT2D eigenvalue weighted by Crippen LogP contribution is 2.28. The number of nitrogens with zero attached hydrogens (tertiary/aromatic N) is 1. The van der Waals surface area contributed by atoms with E-state index in [1.54, 1.807) is 0 Å². The first-order valence-electron chi connectivity index (χ1n) is 7.09. The molecule has 1 fully saturated rings. The summed E-state index contributed by atoms with van der Waals surface area (Å²) in [6, 6.07) is 7.91. The molecule has 0 radical (unpaired) electrons. The van der Waals surface area contributed by atoms with Gasteiger partial charge in [0.1, 0.15) is 12.4 Å². The topological polar surface area (TPSA) is 64.8 Å². The van der Waals surface area contributed by atoms with Crippen LogP contribution in [0.4, 0.5) is 0 Å². The quantitative estimate of drug-likeness (QED) is 0.850. The average molecular weight is 276 g/mol. The van der Waals surface area contributed by atoms with Crippen molar-refractivity contribution in [1.82, 2.24) is 4.90 Å². The Kier molecular flexibility index (Phi) is 3.89. The Hall–Kier alpha value is -1.59. The van der Waals surface area contributed by atoms with Crippen LogP contribution < -0.4 is 10.5 Å². The van der Waals surface area contributed by atoms with E-state index >= 15 is 0 Å². The van der Waals surface area contributed by atoms with Crippen LogP contribution in [0, 0.1) is 5.92 Å². The van der Waals surface area contributed by atoms with Crippen LogP contribution in [-0.4, -0.2) is 49.8 Å². The molecule has 0 aliphatic carbocycles. The van der Waals surface area contributed by atoms with Crippen LogP contribution in [0.15, 0.2) is 24.3 Å². The maximum Gasteiger partial charge on any atom is 0.229 e. The van der Waals surface area contributed by atoms with Gasteiger partial charge >= 0.3 is 0 Å². The molecular weight excluding hydrogens is 256 g/mol. The molecule has 2 unspecified atom stereocenters. The van der Waals surface area contributed by atoms with Gasteiger partial charge in [0, 0.05) is 19.6 Å². The molecule has 0 aromatic heterocycles. The summed E-state index contributed by atoms with van der Waals surface area (Å²) < 4.78 is 11.2. The number of carbonyl (C=O) groups excluding carboxylic acids is 1. The average Bonchev–Trinajstić information content (AvgIpc) is 2.53. The molecule has 0 spiro atoms. The Morgan fingerprint density at radius 1 is 1.40 bits per heavy atom. The predicted molar refractivity (Wildman–Crippen MR) is 74.5 cm³/mol. The molecule has 2 heterocycles. The Labute approximate surface area is 118 Å². The summed E-state index contributed by atoms with van der Waals surface area (Å²) in [6.07, 6.45) is 0.712. The summed E-state index contributed by atoms with van der Waals surface area (Å²) in [7, 11) is 0. The van der Waals surface area contributed by atoms with Crippen molar-refractivity contribution in [3.63, 3.8) is 0 Å². The molecule has 5 nitrogen and oxygen atoms in total. The second-order valence-corrected chi connectivity index (χ2v) is 5.33. The normalized spacial score (nSPS) is 25.8. The maximum absolute atomic E-state index is 12.6. The Morgan fingerprint density at radius 3 is 3.10 bits per heavy atom. The number of nitrogens with two attached hydrogens (primary N) is 1. The molecule has 1 aromatic carbocycles. The SMILES string of the molecule is NCC1CN(C(=O)C2COc3ccccc3C2)CCO1. The zero-order valence-electron chi connectivity index (χ0n) is 11.5. The number of benzene rings is 1. The Balaban J connectivity index is 1.67. The summed E-state index contributed by atoms with van der Waals surface area (Å²) in [5, 5.41) is 0. The zero-order chi connectivity index (χ0) is 13.9. The molecule has 3 rings (SSSR count). The first-order valence-corrected chi connectivity index (χ1v) is 7.09. The van der Waals surface area contributed by atoms with E-state index in [0.29, 0.717) is 32.8 Å². The Morgan fingerprint density at radius 2 is 2.25 bits per heavy atom. The lowest BCUT2D eigenvalue weighted by molar-refractivity contribution is -0.144. The monoisotopic (exact) mass is 276 g/mol. The van der Waals surface area contributed by atoms with E-state index in [4.69, 9.17) is 15.2 Å². The van der Waals surface area contributed by atoms with E-state index in [9.17, 15) is 4.79 Å². The van der Waals surface area contributed by atoms with Crippen molar-refractivity contribution in [2.24, 2.45) is 11.7 Å². The fourth-order valence-corrected chi connectivity index (χ4v) is 2.81. The van der Waals surface area contributed by atoms with Crippen LogP contribution in [0.1, 0.15) is 5.56 Å². The highest BCUT2D eigenvalue weighted by atomic mass is 16.5. The molecule has 0 saturated carbocycles. The molecule has 2 atom stereocenters. The smallest absolute Gasteiger partial charge is 0.229 e. The van der Waals surface area contributed by atoms with Gasteiger partial charge in [0.05, 0.1) is 18.6 Å². The van der Waals surface area contributed by atoms with Crippen molar-refractivity contribution in [2.75, 3.05) is 32.8 Å². The third-order valence-electron chi connectivity index (χ3n) is 3.94. The number of para-hydroxylation sites is 1. The molecule has 1 saturated heterocycles. The van der Waals surface area contributed by atoms with Crippen LogP contribution >= 0.6 is 0 Å². The summed E-state index contributed by atoms with van der Waals surface area (Å²) in [5.74, 6) is 0.959. The second-order valence-electron chi connectivity index (χ2n) is 5.33. The first kappa shape index (κ1) is 13.4. The van der Waals surface area contributed by atoms with Gasteiger partial charge in [-0.05, 0) is 18.1 Å². The highest BCUT2D eigenvalue weighted by molar-refractivity contribution is 5.80. The van der Waals surface area contributed by atoms with Gasteiger partial charge in [-0.1, -0.05) is 18.2 Å². The summed E-state index contributed by atoms with van der Waals surface area (Å²) in [4.78, 5) is 14.4. The standard InChI is InChI=1S/C15H20N2O3/c16-8-13-9-17(5-6-19-13)15(18)12-7-11-3-1-2-4-14(11)20-10-12/h1-4,12-13H,5-10,16H2. The van der Waals surface area contributed by atoms with E-state index in [2.05, 4.69) is 0 Å². The summed E-state index contributed by atoms with van der Waals surface area (Å²) in [5.41, 5.74) is 6.73. The molecule has 2 aliphatic heterocycles. The number of fused-ring (bicyclic) bond motifs is 1. The molecule has 2 aliphatic rings. The summed E-state index contributed by atoms with van der Waals surface area (Å²) >= 11 is 0. The van der Waals surface area contributed by atoms with Gasteiger partial charge in [-0.15, -0.1) is 0 Å². The highest BCUT2D eigenvalue weighted by Gasteiger charge is 2.32. The van der Waals surface area contributed by atoms with E-state index in [1.165, 1.54) is 0 Å². The second kappa shape index (κ2) is 5.81. The van der Waals surface area contributed by atoms with E-state index in [0.717, 1.165) is 17.7 Å². The molecule has 1 aromatic rings. The third-order valence-corrected chi connectivity index (χ3v) is 3.94. The molecule has 0 bridgehead atoms. The van der Waals surface area contributed by atoms with Gasteiger partial charge < -0.3 is 20.1 Å². The van der Waals surface area contributed by atoms with Gasteiger partial charge in [-0.2, -0.15) is 0 Å². The lowest BCUT2D eigenvalue weighted by Crippen LogP contribution is -2.51. The van der Waals surface area contributed by atoms with Crippen molar-refractivity contribution < 1.29 is 14.3 Å². The van der Waals surface area contributed by atoms with E-state index in [-0.39, 0.29) is 17.9 Å². The predicted octanol–water partition coefficient (Wildman–Crippen LogP) is 0.424. The lowest BCUT2D eigenvalue weighted by atomic mass is 9.95. The van der Waals surface area contributed by atoms with E-state index < -0.39 is 0 Å². The van der Waals surface area contributed by atoms with Gasteiger partial charge in [0.25, 0.3) is 0 Å². The third kappa shape index (κ3) is 2.64. The van der Waals surface area contributed by atoms with Crippen LogP contribution in [-0.2, 0) is 16.0 Å². The zero-order valence-corrected chi connectivity index (χ0v) is 11.5. The van der Waals surface area contributed by atoms with Gasteiger partial charge in [0.2, 0.25) is 5.91 Å². The van der Waals surface area contributed by atoms with Crippen LogP contribution in [0.25, 0.3) is 0 Å². The minimum Gasteiger partial charge on any atom is -0.492 e. The number of rotatable bonds is 2. The van der Waals surface area contributed by atoms with Crippen LogP contribution in [0.3, 0.4) is 0 Å². The lowest BCUT2D eigenvalue weighted by Gasteiger charge is -2.35. The fourth-order valence-electron chi connectivity index (χ4n) is 2.81. The van der Waals surface area contributed by atoms with Crippen LogP contribution in [0.5, 0.6) is 5.75 Å². The molecule has 1 amide bonds. The van der Waals surface area contributed by atoms with Crippen molar-refractivity contribution in [3.05, 3.63) is 29.8 Å². The maximum atomic E-state index is 12.6. The minimum absolute atomic E-state index is 0.0375. The number of amides is 1. The Bertz CT molecular complexity index is 492. The molecular formula is C15H20N2O3. The molecule has 2 N–H and O–H groups in total. The van der Waals surface area contributed by atoms with Gasteiger partial charge in [-0.25, -0.2) is 0 Å². The molecule has 20 heavy (non-hydrogen) atoms. The van der Waals surface area contributed by atoms with Crippen LogP contribution in [0.2, 0.25) is 0 Å². The van der Waals surface area contributed by atoms with E-state index in [1.807, 2.05) is 29.2 Å². The summed E-state index contributed by atoms with van der Waals surface area (Å²) in [6.45, 7) is 2.72. The molecule has 5 heteroatoms. The van der Waals surface area contributed by atoms with Crippen molar-refractivity contribution in [1.29, 1.82) is 0 Å². The number of morpholine rings is 1. The number of hydrogen-bond donors (Lipinski definition) is 1. The van der Waals surface area contributed by atoms with Crippen molar-refractivity contribution in [2.45, 2.75) is 12.5 Å². The number of ether oxygens (including phenoxy) is 2. The molecule has 108 valence electrons. The fraction of sp³-hybridized carbons (Fsp3) is 0.533. The van der Waals surface area contributed by atoms with Gasteiger partial charge in [-0.3, -0.25) is 4.79 Å². The number of carbonyl (C=O) groups is 1. The van der Waals surface area contributed by atoms with Gasteiger partial charge in [0.15, 0.2) is 0 Å². The largest absolute Gasteiger partial charge is 0.492 e.